The van der Waals surface area contributed by atoms with Crippen LogP contribution in [0.1, 0.15) is 29.8 Å². The number of piperazine rings is 1. The van der Waals surface area contributed by atoms with Gasteiger partial charge in [0.25, 0.3) is 5.91 Å². The van der Waals surface area contributed by atoms with E-state index < -0.39 is 0 Å². The average Bonchev–Trinajstić information content (AvgIpc) is 3.39. The molecule has 172 valence electrons. The zero-order chi connectivity index (χ0) is 22.6. The SMILES string of the molecule is COc1ccccc1N1CCN(C(=O)c2cn(-c3cc(N4CCCCC4)ncn3)cn2)CC1. The summed E-state index contributed by atoms with van der Waals surface area (Å²) in [6.45, 7) is 4.80. The van der Waals surface area contributed by atoms with E-state index in [1.807, 2.05) is 29.2 Å². The van der Waals surface area contributed by atoms with Crippen LogP contribution in [0.2, 0.25) is 0 Å². The second kappa shape index (κ2) is 9.48. The van der Waals surface area contributed by atoms with Gasteiger partial charge in [0.2, 0.25) is 0 Å². The van der Waals surface area contributed by atoms with Crippen molar-refractivity contribution in [2.45, 2.75) is 19.3 Å². The summed E-state index contributed by atoms with van der Waals surface area (Å²) in [5.74, 6) is 2.44. The van der Waals surface area contributed by atoms with Gasteiger partial charge in [-0.15, -0.1) is 0 Å². The van der Waals surface area contributed by atoms with E-state index in [0.29, 0.717) is 18.8 Å². The van der Waals surface area contributed by atoms with Crippen molar-refractivity contribution in [3.63, 3.8) is 0 Å². The second-order valence-electron chi connectivity index (χ2n) is 8.40. The molecule has 1 amide bonds. The van der Waals surface area contributed by atoms with Gasteiger partial charge in [-0.3, -0.25) is 9.36 Å². The quantitative estimate of drug-likeness (QED) is 0.595. The Morgan fingerprint density at radius 3 is 2.42 bits per heavy atom. The number of benzene rings is 1. The molecule has 2 aromatic heterocycles. The highest BCUT2D eigenvalue weighted by molar-refractivity contribution is 5.92. The highest BCUT2D eigenvalue weighted by Crippen LogP contribution is 2.28. The largest absolute Gasteiger partial charge is 0.495 e. The number of piperidine rings is 1. The number of methoxy groups -OCH3 is 1. The monoisotopic (exact) mass is 447 g/mol. The second-order valence-corrected chi connectivity index (χ2v) is 8.40. The van der Waals surface area contributed by atoms with Crippen molar-refractivity contribution >= 4 is 17.4 Å². The molecule has 4 heterocycles. The Bertz CT molecular complexity index is 1100. The van der Waals surface area contributed by atoms with Crippen LogP contribution >= 0.6 is 0 Å². The summed E-state index contributed by atoms with van der Waals surface area (Å²) in [5, 5.41) is 0. The molecule has 2 saturated heterocycles. The Hall–Kier alpha value is -3.62. The molecular formula is C24H29N7O2. The topological polar surface area (TPSA) is 79.6 Å². The molecule has 2 aliphatic rings. The first-order valence-corrected chi connectivity index (χ1v) is 11.5. The van der Waals surface area contributed by atoms with Crippen molar-refractivity contribution in [3.8, 4) is 11.6 Å². The number of aromatic nitrogens is 4. The fourth-order valence-electron chi connectivity index (χ4n) is 4.54. The van der Waals surface area contributed by atoms with E-state index in [1.165, 1.54) is 19.3 Å². The van der Waals surface area contributed by atoms with Gasteiger partial charge in [-0.2, -0.15) is 0 Å². The predicted octanol–water partition coefficient (Wildman–Crippen LogP) is 2.62. The fourth-order valence-corrected chi connectivity index (χ4v) is 4.54. The number of anilines is 2. The molecule has 1 aromatic carbocycles. The summed E-state index contributed by atoms with van der Waals surface area (Å²) in [6, 6.07) is 9.95. The molecule has 5 rings (SSSR count). The van der Waals surface area contributed by atoms with Gasteiger partial charge >= 0.3 is 0 Å². The standard InChI is InChI=1S/C24H29N7O2/c1-33-21-8-4-3-7-20(21)28-11-13-30(14-12-28)24(32)19-16-31(18-27-19)23-15-22(25-17-26-23)29-9-5-2-6-10-29/h3-4,7-8,15-18H,2,5-6,9-14H2,1H3. The predicted molar refractivity (Wildman–Crippen MR) is 126 cm³/mol. The van der Waals surface area contributed by atoms with Gasteiger partial charge in [0.15, 0.2) is 0 Å². The minimum Gasteiger partial charge on any atom is -0.495 e. The van der Waals surface area contributed by atoms with Gasteiger partial charge in [-0.05, 0) is 31.4 Å². The highest BCUT2D eigenvalue weighted by Gasteiger charge is 2.25. The summed E-state index contributed by atoms with van der Waals surface area (Å²) in [4.78, 5) is 32.7. The molecule has 0 aliphatic carbocycles. The first-order valence-electron chi connectivity index (χ1n) is 11.5. The van der Waals surface area contributed by atoms with Crippen molar-refractivity contribution in [3.05, 3.63) is 54.9 Å². The number of para-hydroxylation sites is 2. The Labute approximate surface area is 193 Å². The summed E-state index contributed by atoms with van der Waals surface area (Å²) in [7, 11) is 1.68. The van der Waals surface area contributed by atoms with Crippen LogP contribution in [0.4, 0.5) is 11.5 Å². The molecule has 3 aromatic rings. The van der Waals surface area contributed by atoms with Crippen LogP contribution in [-0.2, 0) is 0 Å². The van der Waals surface area contributed by atoms with E-state index >= 15 is 0 Å². The summed E-state index contributed by atoms with van der Waals surface area (Å²) >= 11 is 0. The molecule has 9 nitrogen and oxygen atoms in total. The van der Waals surface area contributed by atoms with Crippen LogP contribution in [-0.4, -0.2) is 76.7 Å². The van der Waals surface area contributed by atoms with Gasteiger partial charge in [-0.1, -0.05) is 12.1 Å². The molecule has 0 atom stereocenters. The Morgan fingerprint density at radius 2 is 1.64 bits per heavy atom. The molecule has 0 N–H and O–H groups in total. The first kappa shape index (κ1) is 21.2. The number of ether oxygens (including phenoxy) is 1. The average molecular weight is 448 g/mol. The summed E-state index contributed by atoms with van der Waals surface area (Å²) in [6.07, 6.45) is 8.64. The minimum absolute atomic E-state index is 0.0567. The maximum Gasteiger partial charge on any atom is 0.274 e. The third-order valence-electron chi connectivity index (χ3n) is 6.38. The maximum atomic E-state index is 13.1. The zero-order valence-electron chi connectivity index (χ0n) is 18.9. The molecule has 2 aliphatic heterocycles. The highest BCUT2D eigenvalue weighted by atomic mass is 16.5. The molecule has 2 fully saturated rings. The van der Waals surface area contributed by atoms with Crippen molar-refractivity contribution in [1.82, 2.24) is 24.4 Å². The van der Waals surface area contributed by atoms with E-state index in [-0.39, 0.29) is 5.91 Å². The normalized spacial score (nSPS) is 16.7. The molecule has 33 heavy (non-hydrogen) atoms. The van der Waals surface area contributed by atoms with Gasteiger partial charge in [-0.25, -0.2) is 15.0 Å². The van der Waals surface area contributed by atoms with E-state index in [1.54, 1.807) is 30.5 Å². The van der Waals surface area contributed by atoms with Crippen LogP contribution in [0.25, 0.3) is 5.82 Å². The van der Waals surface area contributed by atoms with Crippen molar-refractivity contribution < 1.29 is 9.53 Å². The van der Waals surface area contributed by atoms with E-state index in [2.05, 4.69) is 30.8 Å². The third-order valence-corrected chi connectivity index (χ3v) is 6.38. The number of amides is 1. The van der Waals surface area contributed by atoms with Gasteiger partial charge < -0.3 is 19.4 Å². The van der Waals surface area contributed by atoms with E-state index in [9.17, 15) is 4.79 Å². The molecule has 9 heteroatoms. The van der Waals surface area contributed by atoms with E-state index in [4.69, 9.17) is 4.74 Å². The fraction of sp³-hybridized carbons (Fsp3) is 0.417. The number of hydrogen-bond acceptors (Lipinski definition) is 7. The Kier molecular flexibility index (Phi) is 6.10. The number of carbonyl (C=O) groups is 1. The summed E-state index contributed by atoms with van der Waals surface area (Å²) < 4.78 is 7.28. The van der Waals surface area contributed by atoms with Crippen LogP contribution in [0.3, 0.4) is 0 Å². The molecule has 0 spiro atoms. The Balaban J connectivity index is 1.25. The van der Waals surface area contributed by atoms with Crippen molar-refractivity contribution in [2.75, 3.05) is 56.2 Å². The third kappa shape index (κ3) is 4.48. The maximum absolute atomic E-state index is 13.1. The number of rotatable bonds is 5. The van der Waals surface area contributed by atoms with Crippen LogP contribution < -0.4 is 14.5 Å². The molecule has 0 bridgehead atoms. The zero-order valence-corrected chi connectivity index (χ0v) is 18.9. The lowest BCUT2D eigenvalue weighted by molar-refractivity contribution is 0.0741. The van der Waals surface area contributed by atoms with Gasteiger partial charge in [0, 0.05) is 51.5 Å². The van der Waals surface area contributed by atoms with Gasteiger partial charge in [0.1, 0.15) is 35.7 Å². The van der Waals surface area contributed by atoms with E-state index in [0.717, 1.165) is 49.3 Å². The number of carbonyl (C=O) groups excluding carboxylic acids is 1. The van der Waals surface area contributed by atoms with Crippen molar-refractivity contribution in [2.24, 2.45) is 0 Å². The number of nitrogens with zero attached hydrogens (tertiary/aromatic N) is 7. The van der Waals surface area contributed by atoms with Crippen LogP contribution in [0.15, 0.2) is 49.2 Å². The van der Waals surface area contributed by atoms with Crippen LogP contribution in [0.5, 0.6) is 5.75 Å². The summed E-state index contributed by atoms with van der Waals surface area (Å²) in [5.41, 5.74) is 1.49. The Morgan fingerprint density at radius 1 is 0.879 bits per heavy atom. The van der Waals surface area contributed by atoms with Crippen molar-refractivity contribution in [1.29, 1.82) is 0 Å². The number of imidazole rings is 1. The minimum atomic E-state index is -0.0567. The molecular weight excluding hydrogens is 418 g/mol. The lowest BCUT2D eigenvalue weighted by Gasteiger charge is -2.36. The lowest BCUT2D eigenvalue weighted by atomic mass is 10.1. The molecule has 0 unspecified atom stereocenters. The first-order chi connectivity index (χ1) is 16.2. The van der Waals surface area contributed by atoms with Gasteiger partial charge in [0.05, 0.1) is 12.8 Å². The molecule has 0 radical (unpaired) electrons. The number of hydrogen-bond donors (Lipinski definition) is 0. The smallest absolute Gasteiger partial charge is 0.274 e. The van der Waals surface area contributed by atoms with Crippen LogP contribution in [0, 0.1) is 0 Å². The lowest BCUT2D eigenvalue weighted by Crippen LogP contribution is -2.49. The molecule has 0 saturated carbocycles.